The molecule has 0 atom stereocenters. The SMILES string of the molecule is O=Cc1cnc(CCCCc2cccnc2)cn1. The number of hydrogen-bond acceptors (Lipinski definition) is 4. The van der Waals surface area contributed by atoms with Crippen LogP contribution in [0.25, 0.3) is 0 Å². The van der Waals surface area contributed by atoms with Crippen LogP contribution in [0.3, 0.4) is 0 Å². The number of aromatic nitrogens is 3. The molecule has 18 heavy (non-hydrogen) atoms. The maximum Gasteiger partial charge on any atom is 0.170 e. The Bertz CT molecular complexity index is 482. The predicted molar refractivity (Wildman–Crippen MR) is 68.3 cm³/mol. The van der Waals surface area contributed by atoms with Crippen LogP contribution in [-0.2, 0) is 12.8 Å². The van der Waals surface area contributed by atoms with E-state index in [0.29, 0.717) is 12.0 Å². The molecule has 0 radical (unpaired) electrons. The molecule has 0 spiro atoms. The van der Waals surface area contributed by atoms with E-state index in [2.05, 4.69) is 21.0 Å². The zero-order valence-electron chi connectivity index (χ0n) is 10.1. The average Bonchev–Trinajstić information content (AvgIpc) is 2.45. The van der Waals surface area contributed by atoms with Crippen molar-refractivity contribution in [2.45, 2.75) is 25.7 Å². The Kier molecular flexibility index (Phi) is 4.53. The van der Waals surface area contributed by atoms with Crippen LogP contribution in [0.1, 0.15) is 34.6 Å². The highest BCUT2D eigenvalue weighted by Gasteiger charge is 1.98. The van der Waals surface area contributed by atoms with Crippen molar-refractivity contribution < 1.29 is 4.79 Å². The van der Waals surface area contributed by atoms with Crippen molar-refractivity contribution in [3.63, 3.8) is 0 Å². The zero-order chi connectivity index (χ0) is 12.6. The van der Waals surface area contributed by atoms with Crippen LogP contribution in [0, 0.1) is 0 Å². The molecule has 0 aliphatic rings. The van der Waals surface area contributed by atoms with Gasteiger partial charge in [0.15, 0.2) is 6.29 Å². The van der Waals surface area contributed by atoms with E-state index in [1.807, 2.05) is 12.3 Å². The smallest absolute Gasteiger partial charge is 0.170 e. The minimum Gasteiger partial charge on any atom is -0.296 e. The van der Waals surface area contributed by atoms with Gasteiger partial charge in [0.2, 0.25) is 0 Å². The topological polar surface area (TPSA) is 55.7 Å². The fourth-order valence-corrected chi connectivity index (χ4v) is 1.74. The molecule has 0 aromatic carbocycles. The second kappa shape index (κ2) is 6.59. The Balaban J connectivity index is 1.73. The third-order valence-corrected chi connectivity index (χ3v) is 2.72. The molecular formula is C14H15N3O. The maximum absolute atomic E-state index is 10.4. The lowest BCUT2D eigenvalue weighted by Gasteiger charge is -2.01. The quantitative estimate of drug-likeness (QED) is 0.575. The van der Waals surface area contributed by atoms with Crippen LogP contribution < -0.4 is 0 Å². The lowest BCUT2D eigenvalue weighted by Crippen LogP contribution is -1.96. The standard InChI is InChI=1S/C14H15N3O/c18-11-14-10-16-13(9-17-14)6-2-1-4-12-5-3-7-15-8-12/h3,5,7-11H,1-2,4,6H2. The molecule has 0 bridgehead atoms. The van der Waals surface area contributed by atoms with Gasteiger partial charge in [0.25, 0.3) is 0 Å². The molecule has 2 rings (SSSR count). The molecule has 92 valence electrons. The van der Waals surface area contributed by atoms with E-state index < -0.39 is 0 Å². The first kappa shape index (κ1) is 12.4. The number of carbonyl (C=O) groups is 1. The molecular weight excluding hydrogens is 226 g/mol. The third kappa shape index (κ3) is 3.73. The summed E-state index contributed by atoms with van der Waals surface area (Å²) in [5.74, 6) is 0. The van der Waals surface area contributed by atoms with Gasteiger partial charge in [-0.15, -0.1) is 0 Å². The first-order chi connectivity index (χ1) is 8.88. The molecule has 4 heteroatoms. The van der Waals surface area contributed by atoms with Gasteiger partial charge in [-0.2, -0.15) is 0 Å². The van der Waals surface area contributed by atoms with Crippen molar-refractivity contribution in [2.75, 3.05) is 0 Å². The van der Waals surface area contributed by atoms with E-state index in [-0.39, 0.29) is 0 Å². The number of aldehydes is 1. The number of aryl methyl sites for hydroxylation is 2. The van der Waals surface area contributed by atoms with Gasteiger partial charge in [-0.1, -0.05) is 6.07 Å². The highest BCUT2D eigenvalue weighted by Crippen LogP contribution is 2.06. The van der Waals surface area contributed by atoms with Crippen LogP contribution in [-0.4, -0.2) is 21.2 Å². The molecule has 0 amide bonds. The van der Waals surface area contributed by atoms with E-state index in [1.54, 1.807) is 12.4 Å². The minimum atomic E-state index is 0.383. The van der Waals surface area contributed by atoms with Gasteiger partial charge >= 0.3 is 0 Å². The average molecular weight is 241 g/mol. The second-order valence-corrected chi connectivity index (χ2v) is 4.12. The summed E-state index contributed by atoms with van der Waals surface area (Å²) in [6.07, 6.45) is 11.7. The van der Waals surface area contributed by atoms with Gasteiger partial charge < -0.3 is 0 Å². The van der Waals surface area contributed by atoms with Gasteiger partial charge in [0, 0.05) is 18.6 Å². The Labute approximate surface area is 106 Å². The zero-order valence-corrected chi connectivity index (χ0v) is 10.1. The number of nitrogens with zero attached hydrogens (tertiary/aromatic N) is 3. The summed E-state index contributed by atoms with van der Waals surface area (Å²) in [5, 5.41) is 0. The number of carbonyl (C=O) groups excluding carboxylic acids is 1. The van der Waals surface area contributed by atoms with Gasteiger partial charge in [-0.3, -0.25) is 14.8 Å². The van der Waals surface area contributed by atoms with E-state index >= 15 is 0 Å². The molecule has 2 aromatic heterocycles. The van der Waals surface area contributed by atoms with Crippen molar-refractivity contribution in [3.8, 4) is 0 Å². The molecule has 0 fully saturated rings. The molecule has 0 saturated carbocycles. The highest BCUT2D eigenvalue weighted by atomic mass is 16.1. The summed E-state index contributed by atoms with van der Waals surface area (Å²) in [6.45, 7) is 0. The molecule has 0 saturated heterocycles. The first-order valence-electron chi connectivity index (χ1n) is 6.03. The second-order valence-electron chi connectivity index (χ2n) is 4.12. The van der Waals surface area contributed by atoms with Crippen LogP contribution in [0.4, 0.5) is 0 Å². The maximum atomic E-state index is 10.4. The van der Waals surface area contributed by atoms with Gasteiger partial charge in [-0.25, -0.2) is 4.98 Å². The Morgan fingerprint density at radius 1 is 1.06 bits per heavy atom. The summed E-state index contributed by atoms with van der Waals surface area (Å²) in [6, 6.07) is 4.05. The molecule has 4 nitrogen and oxygen atoms in total. The fourth-order valence-electron chi connectivity index (χ4n) is 1.74. The van der Waals surface area contributed by atoms with Gasteiger partial charge in [-0.05, 0) is 37.3 Å². The van der Waals surface area contributed by atoms with Crippen molar-refractivity contribution in [1.29, 1.82) is 0 Å². The number of pyridine rings is 1. The van der Waals surface area contributed by atoms with Crippen molar-refractivity contribution in [1.82, 2.24) is 15.0 Å². The number of unbranched alkanes of at least 4 members (excludes halogenated alkanes) is 1. The third-order valence-electron chi connectivity index (χ3n) is 2.72. The van der Waals surface area contributed by atoms with E-state index in [1.165, 1.54) is 11.8 Å². The van der Waals surface area contributed by atoms with E-state index in [0.717, 1.165) is 31.4 Å². The normalized spacial score (nSPS) is 10.2. The van der Waals surface area contributed by atoms with Crippen molar-refractivity contribution >= 4 is 6.29 Å². The van der Waals surface area contributed by atoms with Gasteiger partial charge in [0.1, 0.15) is 5.69 Å². The molecule has 0 aliphatic heterocycles. The van der Waals surface area contributed by atoms with Gasteiger partial charge in [0.05, 0.1) is 11.9 Å². The Morgan fingerprint density at radius 3 is 2.61 bits per heavy atom. The van der Waals surface area contributed by atoms with Crippen LogP contribution in [0.15, 0.2) is 36.9 Å². The number of rotatable bonds is 6. The summed E-state index contributed by atoms with van der Waals surface area (Å²) in [4.78, 5) is 22.7. The highest BCUT2D eigenvalue weighted by molar-refractivity contribution is 5.70. The molecule has 2 aromatic rings. The summed E-state index contributed by atoms with van der Waals surface area (Å²) in [5.41, 5.74) is 2.58. The first-order valence-corrected chi connectivity index (χ1v) is 6.03. The monoisotopic (exact) mass is 241 g/mol. The van der Waals surface area contributed by atoms with E-state index in [9.17, 15) is 4.79 Å². The summed E-state index contributed by atoms with van der Waals surface area (Å²) < 4.78 is 0. The fraction of sp³-hybridized carbons (Fsp3) is 0.286. The summed E-state index contributed by atoms with van der Waals surface area (Å²) >= 11 is 0. The summed E-state index contributed by atoms with van der Waals surface area (Å²) in [7, 11) is 0. The largest absolute Gasteiger partial charge is 0.296 e. The molecule has 0 N–H and O–H groups in total. The van der Waals surface area contributed by atoms with Crippen molar-refractivity contribution in [2.24, 2.45) is 0 Å². The molecule has 0 unspecified atom stereocenters. The van der Waals surface area contributed by atoms with Crippen LogP contribution in [0.5, 0.6) is 0 Å². The minimum absolute atomic E-state index is 0.383. The van der Waals surface area contributed by atoms with Crippen LogP contribution >= 0.6 is 0 Å². The molecule has 0 aliphatic carbocycles. The van der Waals surface area contributed by atoms with Crippen molar-refractivity contribution in [3.05, 3.63) is 53.9 Å². The Hall–Kier alpha value is -2.10. The molecule has 2 heterocycles. The van der Waals surface area contributed by atoms with Crippen LogP contribution in [0.2, 0.25) is 0 Å². The van der Waals surface area contributed by atoms with E-state index in [4.69, 9.17) is 0 Å². The lowest BCUT2D eigenvalue weighted by molar-refractivity contribution is 0.111. The Morgan fingerprint density at radius 2 is 1.94 bits per heavy atom. The lowest BCUT2D eigenvalue weighted by atomic mass is 10.1. The number of hydrogen-bond donors (Lipinski definition) is 0. The predicted octanol–water partition coefficient (Wildman–Crippen LogP) is 2.25.